The number of carbonyl (C=O) groups excluding carboxylic acids is 1. The van der Waals surface area contributed by atoms with Crippen molar-refractivity contribution in [2.45, 2.75) is 26.9 Å². The maximum Gasteiger partial charge on any atom is 0.254 e. The lowest BCUT2D eigenvalue weighted by molar-refractivity contribution is 0.0176. The van der Waals surface area contributed by atoms with Gasteiger partial charge in [-0.15, -0.1) is 0 Å². The van der Waals surface area contributed by atoms with Gasteiger partial charge < -0.3 is 10.1 Å². The third-order valence-electron chi connectivity index (χ3n) is 2.46. The van der Waals surface area contributed by atoms with E-state index in [9.17, 15) is 4.79 Å². The zero-order valence-electron chi connectivity index (χ0n) is 10.2. The van der Waals surface area contributed by atoms with Crippen molar-refractivity contribution >= 4 is 5.91 Å². The first kappa shape index (κ1) is 12.7. The number of rotatable bonds is 4. The second-order valence-electron chi connectivity index (χ2n) is 4.79. The third-order valence-corrected chi connectivity index (χ3v) is 2.46. The van der Waals surface area contributed by atoms with Gasteiger partial charge in [0.05, 0.1) is 17.9 Å². The number of aromatic amines is 1. The van der Waals surface area contributed by atoms with Crippen LogP contribution in [0.25, 0.3) is 0 Å². The zero-order chi connectivity index (χ0) is 12.2. The van der Waals surface area contributed by atoms with E-state index in [1.54, 1.807) is 13.3 Å². The molecule has 5 heteroatoms. The molecule has 0 aliphatic rings. The summed E-state index contributed by atoms with van der Waals surface area (Å²) in [5.41, 5.74) is 0.530. The molecule has 0 bridgehead atoms. The topological polar surface area (TPSA) is 67.0 Å². The minimum Gasteiger partial charge on any atom is -0.379 e. The second kappa shape index (κ2) is 5.12. The van der Waals surface area contributed by atoms with E-state index in [1.165, 1.54) is 6.20 Å². The number of methoxy groups -OCH3 is 1. The molecule has 1 aromatic rings. The van der Waals surface area contributed by atoms with E-state index in [1.807, 2.05) is 0 Å². The zero-order valence-corrected chi connectivity index (χ0v) is 10.2. The van der Waals surface area contributed by atoms with E-state index in [0.29, 0.717) is 12.1 Å². The fourth-order valence-electron chi connectivity index (χ4n) is 1.41. The summed E-state index contributed by atoms with van der Waals surface area (Å²) in [5, 5.41) is 9.14. The number of carbonyl (C=O) groups is 1. The summed E-state index contributed by atoms with van der Waals surface area (Å²) < 4.78 is 5.34. The third kappa shape index (κ3) is 3.34. The van der Waals surface area contributed by atoms with Gasteiger partial charge in [0.25, 0.3) is 5.91 Å². The molecule has 0 fully saturated rings. The molecule has 1 rings (SSSR count). The molecule has 1 unspecified atom stereocenters. The largest absolute Gasteiger partial charge is 0.379 e. The molecule has 1 aromatic heterocycles. The number of nitrogens with one attached hydrogen (secondary N) is 2. The van der Waals surface area contributed by atoms with Gasteiger partial charge in [-0.3, -0.25) is 9.89 Å². The molecule has 0 aliphatic carbocycles. The lowest BCUT2D eigenvalue weighted by atomic mass is 9.89. The fraction of sp³-hybridized carbons (Fsp3) is 0.636. The number of ether oxygens (including phenoxy) is 1. The van der Waals surface area contributed by atoms with Crippen LogP contribution < -0.4 is 5.32 Å². The van der Waals surface area contributed by atoms with Crippen LogP contribution in [-0.2, 0) is 4.74 Å². The van der Waals surface area contributed by atoms with Crippen molar-refractivity contribution in [3.8, 4) is 0 Å². The standard InChI is InChI=1S/C11H19N3O2/c1-11(2,3)9(16-4)7-12-10(15)8-5-13-14-6-8/h5-6,9H,7H2,1-4H3,(H,12,15)(H,13,14). The maximum absolute atomic E-state index is 11.6. The second-order valence-corrected chi connectivity index (χ2v) is 4.79. The molecular formula is C11H19N3O2. The molecule has 0 spiro atoms. The molecule has 0 aromatic carbocycles. The van der Waals surface area contributed by atoms with Crippen molar-refractivity contribution in [2.24, 2.45) is 5.41 Å². The monoisotopic (exact) mass is 225 g/mol. The summed E-state index contributed by atoms with van der Waals surface area (Å²) in [5.74, 6) is -0.139. The smallest absolute Gasteiger partial charge is 0.254 e. The highest BCUT2D eigenvalue weighted by Crippen LogP contribution is 2.20. The Kier molecular flexibility index (Phi) is 4.06. The van der Waals surface area contributed by atoms with Crippen LogP contribution in [0.2, 0.25) is 0 Å². The molecule has 2 N–H and O–H groups in total. The molecule has 1 amide bonds. The minimum atomic E-state index is -0.139. The number of H-pyrrole nitrogens is 1. The van der Waals surface area contributed by atoms with Crippen molar-refractivity contribution in [1.29, 1.82) is 0 Å². The van der Waals surface area contributed by atoms with Gasteiger partial charge in [0.15, 0.2) is 0 Å². The van der Waals surface area contributed by atoms with Crippen molar-refractivity contribution in [3.05, 3.63) is 18.0 Å². The van der Waals surface area contributed by atoms with Gasteiger partial charge in [0.1, 0.15) is 0 Å². The van der Waals surface area contributed by atoms with E-state index in [2.05, 4.69) is 36.3 Å². The predicted octanol–water partition coefficient (Wildman–Crippen LogP) is 1.20. The Balaban J connectivity index is 2.48. The van der Waals surface area contributed by atoms with Gasteiger partial charge in [-0.05, 0) is 5.41 Å². The Hall–Kier alpha value is -1.36. The summed E-state index contributed by atoms with van der Waals surface area (Å²) >= 11 is 0. The highest BCUT2D eigenvalue weighted by atomic mass is 16.5. The lowest BCUT2D eigenvalue weighted by Gasteiger charge is -2.29. The summed E-state index contributed by atoms with van der Waals surface area (Å²) in [6.45, 7) is 6.71. The van der Waals surface area contributed by atoms with Crippen LogP contribution in [0.5, 0.6) is 0 Å². The molecule has 0 saturated carbocycles. The van der Waals surface area contributed by atoms with Gasteiger partial charge in [-0.25, -0.2) is 0 Å². The number of nitrogens with zero attached hydrogens (tertiary/aromatic N) is 1. The number of hydrogen-bond donors (Lipinski definition) is 2. The Bertz CT molecular complexity index is 327. The molecule has 1 atom stereocenters. The maximum atomic E-state index is 11.6. The van der Waals surface area contributed by atoms with E-state index < -0.39 is 0 Å². The number of amides is 1. The molecule has 0 saturated heterocycles. The van der Waals surface area contributed by atoms with Crippen LogP contribution in [0.1, 0.15) is 31.1 Å². The molecule has 5 nitrogen and oxygen atoms in total. The van der Waals surface area contributed by atoms with Crippen molar-refractivity contribution in [1.82, 2.24) is 15.5 Å². The Morgan fingerprint density at radius 1 is 1.62 bits per heavy atom. The lowest BCUT2D eigenvalue weighted by Crippen LogP contribution is -2.40. The predicted molar refractivity (Wildman–Crippen MR) is 61.2 cm³/mol. The van der Waals surface area contributed by atoms with Crippen LogP contribution in [0.3, 0.4) is 0 Å². The fourth-order valence-corrected chi connectivity index (χ4v) is 1.41. The van der Waals surface area contributed by atoms with Gasteiger partial charge in [-0.2, -0.15) is 5.10 Å². The molecule has 1 heterocycles. The van der Waals surface area contributed by atoms with E-state index in [-0.39, 0.29) is 17.4 Å². The molecule has 90 valence electrons. The first-order valence-electron chi connectivity index (χ1n) is 5.25. The van der Waals surface area contributed by atoms with Crippen LogP contribution in [-0.4, -0.2) is 35.9 Å². The highest BCUT2D eigenvalue weighted by Gasteiger charge is 2.24. The quantitative estimate of drug-likeness (QED) is 0.809. The van der Waals surface area contributed by atoms with Crippen molar-refractivity contribution in [3.63, 3.8) is 0 Å². The van der Waals surface area contributed by atoms with Crippen molar-refractivity contribution in [2.75, 3.05) is 13.7 Å². The summed E-state index contributed by atoms with van der Waals surface area (Å²) in [4.78, 5) is 11.6. The van der Waals surface area contributed by atoms with Crippen LogP contribution in [0.4, 0.5) is 0 Å². The Morgan fingerprint density at radius 2 is 2.31 bits per heavy atom. The molecule has 0 aliphatic heterocycles. The first-order chi connectivity index (χ1) is 7.45. The van der Waals surface area contributed by atoms with Gasteiger partial charge in [0, 0.05) is 19.9 Å². The highest BCUT2D eigenvalue weighted by molar-refractivity contribution is 5.93. The summed E-state index contributed by atoms with van der Waals surface area (Å²) in [6, 6.07) is 0. The Labute approximate surface area is 95.6 Å². The van der Waals surface area contributed by atoms with E-state index in [0.717, 1.165) is 0 Å². The van der Waals surface area contributed by atoms with Crippen LogP contribution in [0.15, 0.2) is 12.4 Å². The molecule has 16 heavy (non-hydrogen) atoms. The van der Waals surface area contributed by atoms with E-state index >= 15 is 0 Å². The minimum absolute atomic E-state index is 0.00156. The normalized spacial score (nSPS) is 13.5. The summed E-state index contributed by atoms with van der Waals surface area (Å²) in [6.07, 6.45) is 3.05. The summed E-state index contributed by atoms with van der Waals surface area (Å²) in [7, 11) is 1.65. The number of aromatic nitrogens is 2. The van der Waals surface area contributed by atoms with Gasteiger partial charge in [-0.1, -0.05) is 20.8 Å². The van der Waals surface area contributed by atoms with Gasteiger partial charge >= 0.3 is 0 Å². The first-order valence-corrected chi connectivity index (χ1v) is 5.25. The SMILES string of the molecule is COC(CNC(=O)c1cn[nH]c1)C(C)(C)C. The molecular weight excluding hydrogens is 206 g/mol. The Morgan fingerprint density at radius 3 is 2.75 bits per heavy atom. The number of hydrogen-bond acceptors (Lipinski definition) is 3. The van der Waals surface area contributed by atoms with Crippen molar-refractivity contribution < 1.29 is 9.53 Å². The van der Waals surface area contributed by atoms with Crippen LogP contribution in [0, 0.1) is 5.41 Å². The van der Waals surface area contributed by atoms with Gasteiger partial charge in [0.2, 0.25) is 0 Å². The van der Waals surface area contributed by atoms with E-state index in [4.69, 9.17) is 4.74 Å². The van der Waals surface area contributed by atoms with Crippen LogP contribution >= 0.6 is 0 Å². The molecule has 0 radical (unpaired) electrons. The average Bonchev–Trinajstić information content (AvgIpc) is 2.68. The average molecular weight is 225 g/mol.